The Morgan fingerprint density at radius 3 is 2.22 bits per heavy atom. The van der Waals surface area contributed by atoms with Crippen LogP contribution in [0, 0.1) is 29.1 Å². The number of halogens is 5. The van der Waals surface area contributed by atoms with Crippen molar-refractivity contribution < 1.29 is 26.7 Å². The lowest BCUT2D eigenvalue weighted by molar-refractivity contribution is -0.00181. The van der Waals surface area contributed by atoms with Gasteiger partial charge in [0.1, 0.15) is 5.82 Å². The highest BCUT2D eigenvalue weighted by Gasteiger charge is 2.28. The summed E-state index contributed by atoms with van der Waals surface area (Å²) in [7, 11) is 0. The molecule has 0 aromatic heterocycles. The fourth-order valence-corrected chi connectivity index (χ4v) is 5.00. The number of rotatable bonds is 8. The SMILES string of the molecule is C/C=C/c1ccc(CCc2ccc(-c3ccc(C4CCC(CCC)OC4)c(F)c3F)c(F)c2F)cc1F. The third kappa shape index (κ3) is 5.96. The Morgan fingerprint density at radius 2 is 1.57 bits per heavy atom. The van der Waals surface area contributed by atoms with E-state index < -0.39 is 23.3 Å². The third-order valence-corrected chi connectivity index (χ3v) is 7.08. The minimum atomic E-state index is -1.23. The first-order chi connectivity index (χ1) is 17.8. The van der Waals surface area contributed by atoms with Gasteiger partial charge in [0.2, 0.25) is 0 Å². The van der Waals surface area contributed by atoms with E-state index in [9.17, 15) is 8.78 Å². The molecule has 2 unspecified atom stereocenters. The average Bonchev–Trinajstić information content (AvgIpc) is 2.89. The van der Waals surface area contributed by atoms with Crippen molar-refractivity contribution in [2.45, 2.75) is 64.4 Å². The van der Waals surface area contributed by atoms with Crippen LogP contribution in [0.5, 0.6) is 0 Å². The van der Waals surface area contributed by atoms with Gasteiger partial charge in [-0.1, -0.05) is 61.9 Å². The van der Waals surface area contributed by atoms with Gasteiger partial charge in [0, 0.05) is 22.6 Å². The van der Waals surface area contributed by atoms with Crippen molar-refractivity contribution in [3.8, 4) is 11.1 Å². The number of hydrogen-bond donors (Lipinski definition) is 0. The number of allylic oxidation sites excluding steroid dienone is 1. The molecule has 1 heterocycles. The largest absolute Gasteiger partial charge is 0.378 e. The topological polar surface area (TPSA) is 9.23 Å². The second kappa shape index (κ2) is 12.0. The predicted molar refractivity (Wildman–Crippen MR) is 137 cm³/mol. The summed E-state index contributed by atoms with van der Waals surface area (Å²) in [4.78, 5) is 0. The Hall–Kier alpha value is -2.99. The molecule has 0 saturated carbocycles. The maximum absolute atomic E-state index is 15.1. The zero-order valence-corrected chi connectivity index (χ0v) is 21.1. The second-order valence-electron chi connectivity index (χ2n) is 9.60. The molecule has 1 saturated heterocycles. The Labute approximate surface area is 215 Å². The molecule has 0 N–H and O–H groups in total. The number of ether oxygens (including phenoxy) is 1. The first kappa shape index (κ1) is 27.1. The van der Waals surface area contributed by atoms with Crippen molar-refractivity contribution in [3.63, 3.8) is 0 Å². The normalized spacial score (nSPS) is 18.0. The zero-order chi connectivity index (χ0) is 26.5. The van der Waals surface area contributed by atoms with Crippen molar-refractivity contribution in [1.82, 2.24) is 0 Å². The zero-order valence-electron chi connectivity index (χ0n) is 21.1. The van der Waals surface area contributed by atoms with Crippen LogP contribution in [0.25, 0.3) is 17.2 Å². The quantitative estimate of drug-likeness (QED) is 0.273. The fourth-order valence-electron chi connectivity index (χ4n) is 5.00. The van der Waals surface area contributed by atoms with E-state index in [4.69, 9.17) is 4.74 Å². The van der Waals surface area contributed by atoms with Crippen molar-refractivity contribution in [1.29, 1.82) is 0 Å². The van der Waals surface area contributed by atoms with E-state index in [0.29, 0.717) is 30.6 Å². The number of hydrogen-bond acceptors (Lipinski definition) is 1. The Bertz CT molecular complexity index is 1280. The highest BCUT2D eigenvalue weighted by atomic mass is 19.2. The van der Waals surface area contributed by atoms with Gasteiger partial charge in [0.15, 0.2) is 23.3 Å². The second-order valence-corrected chi connectivity index (χ2v) is 9.60. The third-order valence-electron chi connectivity index (χ3n) is 7.08. The molecule has 3 aromatic carbocycles. The lowest BCUT2D eigenvalue weighted by atomic mass is 9.88. The van der Waals surface area contributed by atoms with Crippen molar-refractivity contribution in [2.24, 2.45) is 0 Å². The van der Waals surface area contributed by atoms with Gasteiger partial charge in [-0.15, -0.1) is 0 Å². The molecule has 1 fully saturated rings. The van der Waals surface area contributed by atoms with Crippen molar-refractivity contribution >= 4 is 6.08 Å². The molecule has 196 valence electrons. The maximum atomic E-state index is 15.1. The molecule has 1 aliphatic rings. The van der Waals surface area contributed by atoms with Gasteiger partial charge < -0.3 is 4.74 Å². The highest BCUT2D eigenvalue weighted by molar-refractivity contribution is 5.66. The summed E-state index contributed by atoms with van der Waals surface area (Å²) in [6.45, 7) is 4.17. The predicted octanol–water partition coefficient (Wildman–Crippen LogP) is 8.93. The Balaban J connectivity index is 1.51. The van der Waals surface area contributed by atoms with Crippen LogP contribution < -0.4 is 0 Å². The van der Waals surface area contributed by atoms with Gasteiger partial charge in [0.25, 0.3) is 0 Å². The molecule has 0 spiro atoms. The van der Waals surface area contributed by atoms with Crippen LogP contribution in [-0.2, 0) is 17.6 Å². The molecule has 1 aliphatic heterocycles. The Morgan fingerprint density at radius 1 is 0.838 bits per heavy atom. The van der Waals surface area contributed by atoms with Crippen LogP contribution in [0.4, 0.5) is 22.0 Å². The van der Waals surface area contributed by atoms with E-state index in [2.05, 4.69) is 6.92 Å². The first-order valence-corrected chi connectivity index (χ1v) is 12.8. The molecule has 0 bridgehead atoms. The van der Waals surface area contributed by atoms with E-state index in [1.54, 1.807) is 31.2 Å². The van der Waals surface area contributed by atoms with Crippen LogP contribution >= 0.6 is 0 Å². The molecular weight excluding hydrogens is 483 g/mol. The lowest BCUT2D eigenvalue weighted by Crippen LogP contribution is -2.25. The van der Waals surface area contributed by atoms with E-state index in [-0.39, 0.29) is 46.5 Å². The Kier molecular flexibility index (Phi) is 8.80. The van der Waals surface area contributed by atoms with E-state index >= 15 is 13.2 Å². The van der Waals surface area contributed by atoms with Gasteiger partial charge in [-0.3, -0.25) is 0 Å². The van der Waals surface area contributed by atoms with Crippen LogP contribution in [0.3, 0.4) is 0 Å². The molecule has 4 rings (SSSR count). The van der Waals surface area contributed by atoms with Gasteiger partial charge in [-0.05, 0) is 61.8 Å². The number of aryl methyl sites for hydroxylation is 2. The monoisotopic (exact) mass is 514 g/mol. The smallest absolute Gasteiger partial charge is 0.167 e. The summed E-state index contributed by atoms with van der Waals surface area (Å²) in [5, 5.41) is 0. The van der Waals surface area contributed by atoms with Crippen molar-refractivity contribution in [3.05, 3.63) is 99.9 Å². The molecule has 0 aliphatic carbocycles. The van der Waals surface area contributed by atoms with E-state index in [1.165, 1.54) is 30.3 Å². The molecular formula is C31H31F5O. The van der Waals surface area contributed by atoms with Gasteiger partial charge >= 0.3 is 0 Å². The van der Waals surface area contributed by atoms with Crippen LogP contribution in [0.2, 0.25) is 0 Å². The molecule has 3 aromatic rings. The standard InChI is InChI=1S/C31H31F5O/c1-3-5-20-9-7-19(17-27(20)32)8-10-21-12-14-25(30(35)28(21)33)26-16-15-24(29(34)31(26)36)22-11-13-23(6-4-2)37-18-22/h3,5,7,9,12,14-17,22-23H,4,6,8,10-11,13,18H2,1-2H3/b5-3+. The van der Waals surface area contributed by atoms with Crippen LogP contribution in [-0.4, -0.2) is 12.7 Å². The summed E-state index contributed by atoms with van der Waals surface area (Å²) in [6.07, 6.45) is 7.32. The van der Waals surface area contributed by atoms with E-state index in [1.807, 2.05) is 0 Å². The first-order valence-electron chi connectivity index (χ1n) is 12.8. The molecule has 1 nitrogen and oxygen atoms in total. The molecule has 0 amide bonds. The highest BCUT2D eigenvalue weighted by Crippen LogP contribution is 2.36. The van der Waals surface area contributed by atoms with Gasteiger partial charge in [-0.2, -0.15) is 0 Å². The lowest BCUT2D eigenvalue weighted by Gasteiger charge is -2.29. The molecule has 6 heteroatoms. The summed E-state index contributed by atoms with van der Waals surface area (Å²) < 4.78 is 80.0. The van der Waals surface area contributed by atoms with Crippen LogP contribution in [0.1, 0.15) is 67.7 Å². The molecule has 37 heavy (non-hydrogen) atoms. The van der Waals surface area contributed by atoms with Gasteiger partial charge in [0.05, 0.1) is 12.7 Å². The summed E-state index contributed by atoms with van der Waals surface area (Å²) >= 11 is 0. The summed E-state index contributed by atoms with van der Waals surface area (Å²) in [5.41, 5.74) is 0.704. The minimum absolute atomic E-state index is 0.0812. The molecule has 2 atom stereocenters. The molecule has 0 radical (unpaired) electrons. The maximum Gasteiger partial charge on any atom is 0.167 e. The average molecular weight is 515 g/mol. The van der Waals surface area contributed by atoms with E-state index in [0.717, 1.165) is 19.3 Å². The van der Waals surface area contributed by atoms with Crippen LogP contribution in [0.15, 0.2) is 48.5 Å². The number of benzene rings is 3. The minimum Gasteiger partial charge on any atom is -0.378 e. The van der Waals surface area contributed by atoms with Gasteiger partial charge in [-0.25, -0.2) is 22.0 Å². The fraction of sp³-hybridized carbons (Fsp3) is 0.355. The summed E-state index contributed by atoms with van der Waals surface area (Å²) in [6, 6.07) is 10.1. The summed E-state index contributed by atoms with van der Waals surface area (Å²) in [5.74, 6) is -5.27. The van der Waals surface area contributed by atoms with Crippen molar-refractivity contribution in [2.75, 3.05) is 6.61 Å².